The van der Waals surface area contributed by atoms with Gasteiger partial charge in [0.1, 0.15) is 0 Å². The molecule has 0 spiro atoms. The molecule has 1 saturated carbocycles. The molecule has 0 aromatic carbocycles. The largest absolute Gasteiger partial charge is 0.427 e. The van der Waals surface area contributed by atoms with Crippen molar-refractivity contribution in [1.82, 2.24) is 4.98 Å². The molecule has 0 aromatic heterocycles. The Labute approximate surface area is 101 Å². The lowest BCUT2D eigenvalue weighted by molar-refractivity contribution is 0.202. The third-order valence-corrected chi connectivity index (χ3v) is 7.26. The summed E-state index contributed by atoms with van der Waals surface area (Å²) in [7, 11) is 1.49. The maximum absolute atomic E-state index is 5.78. The highest BCUT2D eigenvalue weighted by Gasteiger charge is 2.45. The lowest BCUT2D eigenvalue weighted by Gasteiger charge is -2.37. The summed E-state index contributed by atoms with van der Waals surface area (Å²) in [6.07, 6.45) is 9.01. The molecule has 0 aliphatic heterocycles. The minimum atomic E-state index is -2.13. The van der Waals surface area contributed by atoms with Gasteiger partial charge in [-0.15, -0.1) is 0 Å². The molecule has 0 radical (unpaired) electrons. The zero-order valence-electron chi connectivity index (χ0n) is 11.1. The SMILES string of the molecule is CCCCN[Si](OC)(OC)C1CCCCC1. The van der Waals surface area contributed by atoms with Gasteiger partial charge in [0.05, 0.1) is 0 Å². The summed E-state index contributed by atoms with van der Waals surface area (Å²) in [5, 5.41) is 0. The van der Waals surface area contributed by atoms with Crippen LogP contribution < -0.4 is 4.98 Å². The van der Waals surface area contributed by atoms with Crippen LogP contribution in [0, 0.1) is 0 Å². The Balaban J connectivity index is 2.54. The van der Waals surface area contributed by atoms with Crippen LogP contribution in [-0.2, 0) is 8.85 Å². The van der Waals surface area contributed by atoms with Crippen molar-refractivity contribution in [2.45, 2.75) is 57.4 Å². The van der Waals surface area contributed by atoms with E-state index in [1.54, 1.807) is 0 Å². The molecule has 0 saturated heterocycles. The van der Waals surface area contributed by atoms with E-state index in [0.29, 0.717) is 5.54 Å². The number of hydrogen-bond acceptors (Lipinski definition) is 3. The van der Waals surface area contributed by atoms with Crippen LogP contribution in [0.1, 0.15) is 51.9 Å². The molecule has 0 atom stereocenters. The third kappa shape index (κ3) is 3.55. The molecule has 4 heteroatoms. The minimum Gasteiger partial charge on any atom is -0.386 e. The van der Waals surface area contributed by atoms with E-state index < -0.39 is 8.72 Å². The monoisotopic (exact) mass is 245 g/mol. The first kappa shape index (κ1) is 14.2. The quantitative estimate of drug-likeness (QED) is 0.552. The van der Waals surface area contributed by atoms with E-state index in [2.05, 4.69) is 11.9 Å². The van der Waals surface area contributed by atoms with Gasteiger partial charge >= 0.3 is 8.72 Å². The Hall–Kier alpha value is 0.0969. The van der Waals surface area contributed by atoms with Gasteiger partial charge in [-0.3, -0.25) is 4.98 Å². The summed E-state index contributed by atoms with van der Waals surface area (Å²) in [6, 6.07) is 0. The first-order valence-corrected chi connectivity index (χ1v) is 8.53. The summed E-state index contributed by atoms with van der Waals surface area (Å²) < 4.78 is 11.6. The van der Waals surface area contributed by atoms with Gasteiger partial charge in [-0.1, -0.05) is 32.6 Å². The molecule has 0 bridgehead atoms. The number of rotatable bonds is 7. The van der Waals surface area contributed by atoms with E-state index in [9.17, 15) is 0 Å². The van der Waals surface area contributed by atoms with Crippen LogP contribution in [-0.4, -0.2) is 29.5 Å². The smallest absolute Gasteiger partial charge is 0.386 e. The lowest BCUT2D eigenvalue weighted by atomic mass is 10.0. The molecule has 1 N–H and O–H groups in total. The summed E-state index contributed by atoms with van der Waals surface area (Å²) in [5.74, 6) is 0. The molecule has 0 unspecified atom stereocenters. The van der Waals surface area contributed by atoms with Crippen molar-refractivity contribution >= 4 is 8.72 Å². The average molecular weight is 245 g/mol. The van der Waals surface area contributed by atoms with Crippen molar-refractivity contribution in [3.8, 4) is 0 Å². The highest BCUT2D eigenvalue weighted by molar-refractivity contribution is 6.66. The maximum Gasteiger partial charge on any atom is 0.427 e. The van der Waals surface area contributed by atoms with Gasteiger partial charge in [0.25, 0.3) is 0 Å². The number of unbranched alkanes of at least 4 members (excludes halogenated alkanes) is 1. The number of nitrogens with one attached hydrogen (secondary N) is 1. The van der Waals surface area contributed by atoms with Gasteiger partial charge < -0.3 is 8.85 Å². The molecular weight excluding hydrogens is 218 g/mol. The van der Waals surface area contributed by atoms with Crippen LogP contribution in [0.4, 0.5) is 0 Å². The van der Waals surface area contributed by atoms with Crippen LogP contribution in [0.5, 0.6) is 0 Å². The summed E-state index contributed by atoms with van der Waals surface area (Å²) >= 11 is 0. The van der Waals surface area contributed by atoms with Crippen LogP contribution in [0.25, 0.3) is 0 Å². The molecule has 3 nitrogen and oxygen atoms in total. The predicted molar refractivity (Wildman–Crippen MR) is 69.5 cm³/mol. The topological polar surface area (TPSA) is 30.5 Å². The molecule has 0 heterocycles. The summed E-state index contributed by atoms with van der Waals surface area (Å²) in [5.41, 5.74) is 0.633. The molecule has 1 rings (SSSR count). The average Bonchev–Trinajstić information content (AvgIpc) is 2.36. The van der Waals surface area contributed by atoms with Crippen molar-refractivity contribution in [2.24, 2.45) is 0 Å². The molecule has 1 fully saturated rings. The first-order chi connectivity index (χ1) is 7.79. The molecule has 1 aliphatic rings. The van der Waals surface area contributed by atoms with Gasteiger partial charge in [0.15, 0.2) is 0 Å². The fourth-order valence-corrected chi connectivity index (χ4v) is 5.73. The maximum atomic E-state index is 5.78. The molecule has 0 aromatic rings. The second-order valence-electron chi connectivity index (χ2n) is 4.69. The number of hydrogen-bond donors (Lipinski definition) is 1. The second kappa shape index (κ2) is 7.43. The Morgan fingerprint density at radius 3 is 2.25 bits per heavy atom. The van der Waals surface area contributed by atoms with E-state index >= 15 is 0 Å². The molecule has 16 heavy (non-hydrogen) atoms. The van der Waals surface area contributed by atoms with Crippen molar-refractivity contribution in [3.05, 3.63) is 0 Å². The van der Waals surface area contributed by atoms with E-state index in [1.165, 1.54) is 44.9 Å². The first-order valence-electron chi connectivity index (χ1n) is 6.64. The standard InChI is InChI=1S/C12H27NO2Si/c1-4-5-11-13-16(14-2,15-3)12-9-7-6-8-10-12/h12-13H,4-11H2,1-3H3. The van der Waals surface area contributed by atoms with Gasteiger partial charge in [0, 0.05) is 19.8 Å². The summed E-state index contributed by atoms with van der Waals surface area (Å²) in [4.78, 5) is 3.60. The second-order valence-corrected chi connectivity index (χ2v) is 8.01. The van der Waals surface area contributed by atoms with Crippen molar-refractivity contribution < 1.29 is 8.85 Å². The van der Waals surface area contributed by atoms with Crippen molar-refractivity contribution in [1.29, 1.82) is 0 Å². The van der Waals surface area contributed by atoms with Crippen molar-refractivity contribution in [3.63, 3.8) is 0 Å². The Bertz CT molecular complexity index is 180. The van der Waals surface area contributed by atoms with E-state index in [1.807, 2.05) is 14.2 Å². The Morgan fingerprint density at radius 2 is 1.75 bits per heavy atom. The van der Waals surface area contributed by atoms with E-state index in [4.69, 9.17) is 8.85 Å². The van der Waals surface area contributed by atoms with Crippen LogP contribution in [0.3, 0.4) is 0 Å². The van der Waals surface area contributed by atoms with Gasteiger partial charge in [0.2, 0.25) is 0 Å². The highest BCUT2D eigenvalue weighted by Crippen LogP contribution is 2.36. The zero-order valence-corrected chi connectivity index (χ0v) is 12.1. The fraction of sp³-hybridized carbons (Fsp3) is 1.00. The van der Waals surface area contributed by atoms with E-state index in [-0.39, 0.29) is 0 Å². The van der Waals surface area contributed by atoms with E-state index in [0.717, 1.165) is 6.54 Å². The molecule has 1 aliphatic carbocycles. The van der Waals surface area contributed by atoms with Gasteiger partial charge in [-0.25, -0.2) is 0 Å². The van der Waals surface area contributed by atoms with Crippen LogP contribution in [0.2, 0.25) is 5.54 Å². The molecular formula is C12H27NO2Si. The van der Waals surface area contributed by atoms with Gasteiger partial charge in [-0.05, 0) is 25.8 Å². The third-order valence-electron chi connectivity index (χ3n) is 3.65. The zero-order chi connectivity index (χ0) is 11.9. The van der Waals surface area contributed by atoms with Crippen molar-refractivity contribution in [2.75, 3.05) is 20.8 Å². The van der Waals surface area contributed by atoms with Crippen LogP contribution in [0.15, 0.2) is 0 Å². The van der Waals surface area contributed by atoms with Gasteiger partial charge in [-0.2, -0.15) is 0 Å². The fourth-order valence-electron chi connectivity index (χ4n) is 2.63. The molecule has 96 valence electrons. The van der Waals surface area contributed by atoms with Crippen LogP contribution >= 0.6 is 0 Å². The predicted octanol–water partition coefficient (Wildman–Crippen LogP) is 2.94. The lowest BCUT2D eigenvalue weighted by Crippen LogP contribution is -2.59. The molecule has 0 amide bonds. The Morgan fingerprint density at radius 1 is 1.12 bits per heavy atom. The minimum absolute atomic E-state index is 0.633. The normalized spacial score (nSPS) is 18.9. The summed E-state index contributed by atoms with van der Waals surface area (Å²) in [6.45, 7) is 3.24. The Kier molecular flexibility index (Phi) is 6.57. The highest BCUT2D eigenvalue weighted by atomic mass is 28.4.